The maximum atomic E-state index is 3.80. The Hall–Kier alpha value is -0.600. The fraction of sp³-hybridized carbons (Fsp3) is 0.467. The van der Waals surface area contributed by atoms with Crippen molar-refractivity contribution in [2.45, 2.75) is 39.7 Å². The molecule has 0 amide bonds. The van der Waals surface area contributed by atoms with Crippen LogP contribution in [0.3, 0.4) is 0 Å². The van der Waals surface area contributed by atoms with Crippen molar-refractivity contribution in [1.29, 1.82) is 0 Å². The van der Waals surface area contributed by atoms with Crippen LogP contribution in [0, 0.1) is 13.8 Å². The fourth-order valence-corrected chi connectivity index (χ4v) is 2.33. The third kappa shape index (κ3) is 3.97. The zero-order valence-electron chi connectivity index (χ0n) is 11.0. The van der Waals surface area contributed by atoms with E-state index in [1.165, 1.54) is 21.2 Å². The molecule has 1 nitrogen and oxygen atoms in total. The highest BCUT2D eigenvalue weighted by atomic mass is 79.9. The molecule has 1 unspecified atom stereocenters. The van der Waals surface area contributed by atoms with Gasteiger partial charge in [-0.1, -0.05) is 41.1 Å². The Morgan fingerprint density at radius 3 is 2.41 bits per heavy atom. The maximum Gasteiger partial charge on any atom is 0.0323 e. The monoisotopic (exact) mass is 295 g/mol. The van der Waals surface area contributed by atoms with E-state index in [4.69, 9.17) is 0 Å². The van der Waals surface area contributed by atoms with Crippen LogP contribution in [0.15, 0.2) is 29.3 Å². The SMILES string of the molecule is C=CCCC(NCC)c1cc(C)c(Br)c(C)c1. The van der Waals surface area contributed by atoms with Crippen molar-refractivity contribution in [3.05, 3.63) is 46.0 Å². The fourth-order valence-electron chi connectivity index (χ4n) is 2.10. The van der Waals surface area contributed by atoms with Crippen LogP contribution < -0.4 is 5.32 Å². The van der Waals surface area contributed by atoms with E-state index in [-0.39, 0.29) is 0 Å². The first-order valence-corrected chi connectivity index (χ1v) is 7.00. The van der Waals surface area contributed by atoms with Gasteiger partial charge in [-0.15, -0.1) is 6.58 Å². The molecule has 1 N–H and O–H groups in total. The van der Waals surface area contributed by atoms with Gasteiger partial charge in [0, 0.05) is 10.5 Å². The van der Waals surface area contributed by atoms with Crippen molar-refractivity contribution in [2.75, 3.05) is 6.54 Å². The van der Waals surface area contributed by atoms with Gasteiger partial charge in [0.1, 0.15) is 0 Å². The summed E-state index contributed by atoms with van der Waals surface area (Å²) in [6, 6.07) is 4.98. The van der Waals surface area contributed by atoms with Crippen molar-refractivity contribution in [1.82, 2.24) is 5.32 Å². The zero-order chi connectivity index (χ0) is 12.8. The lowest BCUT2D eigenvalue weighted by atomic mass is 9.98. The van der Waals surface area contributed by atoms with E-state index >= 15 is 0 Å². The summed E-state index contributed by atoms with van der Waals surface area (Å²) >= 11 is 3.62. The van der Waals surface area contributed by atoms with Crippen molar-refractivity contribution in [3.8, 4) is 0 Å². The zero-order valence-corrected chi connectivity index (χ0v) is 12.6. The van der Waals surface area contributed by atoms with E-state index in [2.05, 4.69) is 60.7 Å². The molecule has 0 saturated carbocycles. The van der Waals surface area contributed by atoms with Crippen LogP contribution in [0.1, 0.15) is 42.5 Å². The Morgan fingerprint density at radius 1 is 1.35 bits per heavy atom. The van der Waals surface area contributed by atoms with Crippen LogP contribution in [-0.2, 0) is 0 Å². The molecular formula is C15H22BrN. The third-order valence-corrected chi connectivity index (χ3v) is 4.22. The summed E-state index contributed by atoms with van der Waals surface area (Å²) in [5.74, 6) is 0. The topological polar surface area (TPSA) is 12.0 Å². The molecule has 0 spiro atoms. The Labute approximate surface area is 113 Å². The van der Waals surface area contributed by atoms with Gasteiger partial charge < -0.3 is 5.32 Å². The third-order valence-electron chi connectivity index (χ3n) is 2.97. The van der Waals surface area contributed by atoms with Crippen LogP contribution in [-0.4, -0.2) is 6.54 Å². The molecule has 0 radical (unpaired) electrons. The van der Waals surface area contributed by atoms with Gasteiger partial charge in [-0.25, -0.2) is 0 Å². The van der Waals surface area contributed by atoms with Crippen LogP contribution in [0.5, 0.6) is 0 Å². The average molecular weight is 296 g/mol. The van der Waals surface area contributed by atoms with Gasteiger partial charge in [0.05, 0.1) is 0 Å². The molecule has 0 heterocycles. The number of nitrogens with one attached hydrogen (secondary N) is 1. The van der Waals surface area contributed by atoms with E-state index in [9.17, 15) is 0 Å². The predicted molar refractivity (Wildman–Crippen MR) is 79.5 cm³/mol. The van der Waals surface area contributed by atoms with Gasteiger partial charge in [-0.2, -0.15) is 0 Å². The summed E-state index contributed by atoms with van der Waals surface area (Å²) in [6.45, 7) is 11.2. The summed E-state index contributed by atoms with van der Waals surface area (Å²) in [6.07, 6.45) is 4.15. The normalized spacial score (nSPS) is 12.5. The number of allylic oxidation sites excluding steroid dienone is 1. The quantitative estimate of drug-likeness (QED) is 0.751. The Morgan fingerprint density at radius 2 is 1.94 bits per heavy atom. The number of benzene rings is 1. The van der Waals surface area contributed by atoms with Crippen LogP contribution in [0.25, 0.3) is 0 Å². The van der Waals surface area contributed by atoms with Gasteiger partial charge in [-0.05, 0) is 49.9 Å². The number of halogens is 1. The molecule has 0 bridgehead atoms. The molecule has 1 aromatic rings. The van der Waals surface area contributed by atoms with E-state index in [0.717, 1.165) is 19.4 Å². The standard InChI is InChI=1S/C15H22BrN/c1-5-7-8-14(17-6-2)13-9-11(3)15(16)12(4)10-13/h5,9-10,14,17H,1,6-8H2,2-4H3. The highest BCUT2D eigenvalue weighted by Crippen LogP contribution is 2.27. The second-order valence-corrected chi connectivity index (χ2v) is 5.24. The summed E-state index contributed by atoms with van der Waals surface area (Å²) < 4.78 is 1.22. The van der Waals surface area contributed by atoms with Crippen LogP contribution >= 0.6 is 15.9 Å². The average Bonchev–Trinajstić information content (AvgIpc) is 2.31. The maximum absolute atomic E-state index is 3.80. The Bertz CT molecular complexity index is 362. The van der Waals surface area contributed by atoms with E-state index < -0.39 is 0 Å². The first-order valence-electron chi connectivity index (χ1n) is 6.21. The summed E-state index contributed by atoms with van der Waals surface area (Å²) in [5, 5.41) is 3.54. The number of hydrogen-bond donors (Lipinski definition) is 1. The minimum atomic E-state index is 0.434. The van der Waals surface area contributed by atoms with E-state index in [1.807, 2.05) is 6.08 Å². The Kier molecular flexibility index (Phi) is 5.93. The van der Waals surface area contributed by atoms with Gasteiger partial charge in [0.25, 0.3) is 0 Å². The minimum Gasteiger partial charge on any atom is -0.310 e. The summed E-state index contributed by atoms with van der Waals surface area (Å²) in [4.78, 5) is 0. The highest BCUT2D eigenvalue weighted by Gasteiger charge is 2.11. The van der Waals surface area contributed by atoms with Gasteiger partial charge in [-0.3, -0.25) is 0 Å². The molecule has 0 fully saturated rings. The first kappa shape index (κ1) is 14.5. The molecule has 1 aromatic carbocycles. The van der Waals surface area contributed by atoms with Gasteiger partial charge in [0.2, 0.25) is 0 Å². The van der Waals surface area contributed by atoms with E-state index in [0.29, 0.717) is 6.04 Å². The second-order valence-electron chi connectivity index (χ2n) is 4.44. The molecule has 17 heavy (non-hydrogen) atoms. The van der Waals surface area contributed by atoms with Crippen molar-refractivity contribution < 1.29 is 0 Å². The molecule has 0 aliphatic heterocycles. The molecule has 1 rings (SSSR count). The molecule has 0 aliphatic carbocycles. The number of rotatable bonds is 6. The highest BCUT2D eigenvalue weighted by molar-refractivity contribution is 9.10. The van der Waals surface area contributed by atoms with Crippen molar-refractivity contribution in [2.24, 2.45) is 0 Å². The van der Waals surface area contributed by atoms with Gasteiger partial charge in [0.15, 0.2) is 0 Å². The van der Waals surface area contributed by atoms with Crippen LogP contribution in [0.2, 0.25) is 0 Å². The minimum absolute atomic E-state index is 0.434. The lowest BCUT2D eigenvalue weighted by Gasteiger charge is -2.19. The predicted octanol–water partition coefficient (Wildman–Crippen LogP) is 4.68. The van der Waals surface area contributed by atoms with Gasteiger partial charge >= 0.3 is 0 Å². The van der Waals surface area contributed by atoms with Crippen molar-refractivity contribution in [3.63, 3.8) is 0 Å². The number of hydrogen-bond acceptors (Lipinski definition) is 1. The van der Waals surface area contributed by atoms with Crippen LogP contribution in [0.4, 0.5) is 0 Å². The lowest BCUT2D eigenvalue weighted by Crippen LogP contribution is -2.21. The largest absolute Gasteiger partial charge is 0.310 e. The second kappa shape index (κ2) is 6.97. The lowest BCUT2D eigenvalue weighted by molar-refractivity contribution is 0.519. The summed E-state index contributed by atoms with van der Waals surface area (Å²) in [7, 11) is 0. The molecule has 0 aromatic heterocycles. The smallest absolute Gasteiger partial charge is 0.0323 e. The molecular weight excluding hydrogens is 274 g/mol. The molecule has 2 heteroatoms. The first-order chi connectivity index (χ1) is 8.10. The van der Waals surface area contributed by atoms with E-state index in [1.54, 1.807) is 0 Å². The molecule has 0 saturated heterocycles. The Balaban J connectivity index is 2.96. The van der Waals surface area contributed by atoms with Crippen molar-refractivity contribution >= 4 is 15.9 Å². The summed E-state index contributed by atoms with van der Waals surface area (Å²) in [5.41, 5.74) is 4.00. The molecule has 94 valence electrons. The number of aryl methyl sites for hydroxylation is 2. The molecule has 0 aliphatic rings. The molecule has 1 atom stereocenters.